The SMILES string of the molecule is COCCn1nnnc1C(c1cc2cc3c(cc2[nH]c1=O)OCO3)N1CCN(c2ccc(OC)cc2)CC1. The van der Waals surface area contributed by atoms with Crippen LogP contribution in [0.4, 0.5) is 5.69 Å². The van der Waals surface area contributed by atoms with Crippen LogP contribution in [0.2, 0.25) is 0 Å². The molecule has 1 N–H and O–H groups in total. The van der Waals surface area contributed by atoms with E-state index in [4.69, 9.17) is 18.9 Å². The van der Waals surface area contributed by atoms with Gasteiger partial charge in [0.25, 0.3) is 5.56 Å². The molecule has 12 heteroatoms. The Morgan fingerprint density at radius 3 is 2.53 bits per heavy atom. The highest BCUT2D eigenvalue weighted by Crippen LogP contribution is 2.36. The van der Waals surface area contributed by atoms with Crippen LogP contribution in [0.5, 0.6) is 17.2 Å². The number of aromatic nitrogens is 5. The third-order valence-electron chi connectivity index (χ3n) is 7.09. The summed E-state index contributed by atoms with van der Waals surface area (Å²) in [5.74, 6) is 2.71. The van der Waals surface area contributed by atoms with Gasteiger partial charge in [0, 0.05) is 56.0 Å². The molecule has 0 saturated carbocycles. The lowest BCUT2D eigenvalue weighted by Crippen LogP contribution is -2.49. The van der Waals surface area contributed by atoms with Crippen LogP contribution in [0.25, 0.3) is 10.9 Å². The lowest BCUT2D eigenvalue weighted by atomic mass is 10.0. The Bertz CT molecular complexity index is 1480. The van der Waals surface area contributed by atoms with E-state index in [0.717, 1.165) is 29.9 Å². The van der Waals surface area contributed by atoms with Gasteiger partial charge in [-0.2, -0.15) is 0 Å². The molecule has 0 amide bonds. The van der Waals surface area contributed by atoms with Gasteiger partial charge in [-0.3, -0.25) is 9.69 Å². The van der Waals surface area contributed by atoms with Gasteiger partial charge in [-0.05, 0) is 46.8 Å². The van der Waals surface area contributed by atoms with Crippen LogP contribution in [-0.4, -0.2) is 83.9 Å². The topological polar surface area (TPSA) is 120 Å². The fourth-order valence-corrected chi connectivity index (χ4v) is 5.09. The Morgan fingerprint density at radius 2 is 1.79 bits per heavy atom. The van der Waals surface area contributed by atoms with Crippen molar-refractivity contribution in [2.45, 2.75) is 12.6 Å². The summed E-state index contributed by atoms with van der Waals surface area (Å²) in [7, 11) is 3.30. The maximum absolute atomic E-state index is 13.5. The minimum Gasteiger partial charge on any atom is -0.497 e. The number of hydrogen-bond acceptors (Lipinski definition) is 10. The largest absolute Gasteiger partial charge is 0.497 e. The molecule has 2 aliphatic heterocycles. The van der Waals surface area contributed by atoms with Crippen LogP contribution in [0.3, 0.4) is 0 Å². The number of anilines is 1. The molecule has 2 aromatic carbocycles. The summed E-state index contributed by atoms with van der Waals surface area (Å²) in [6.45, 7) is 4.09. The van der Waals surface area contributed by atoms with E-state index in [9.17, 15) is 4.79 Å². The fourth-order valence-electron chi connectivity index (χ4n) is 5.09. The molecule has 0 spiro atoms. The molecule has 1 atom stereocenters. The van der Waals surface area contributed by atoms with Crippen molar-refractivity contribution in [2.75, 3.05) is 58.7 Å². The fraction of sp³-hybridized carbons (Fsp3) is 0.385. The maximum Gasteiger partial charge on any atom is 0.253 e. The average Bonchev–Trinajstić information content (AvgIpc) is 3.61. The number of methoxy groups -OCH3 is 2. The number of nitrogens with zero attached hydrogens (tertiary/aromatic N) is 6. The lowest BCUT2D eigenvalue weighted by Gasteiger charge is -2.39. The van der Waals surface area contributed by atoms with Gasteiger partial charge in [0.15, 0.2) is 17.3 Å². The Kier molecular flexibility index (Phi) is 6.56. The van der Waals surface area contributed by atoms with E-state index in [-0.39, 0.29) is 12.4 Å². The van der Waals surface area contributed by atoms with E-state index in [1.807, 2.05) is 24.3 Å². The second-order valence-corrected chi connectivity index (χ2v) is 9.22. The molecule has 1 saturated heterocycles. The number of hydrogen-bond donors (Lipinski definition) is 1. The van der Waals surface area contributed by atoms with Crippen molar-refractivity contribution in [2.24, 2.45) is 0 Å². The van der Waals surface area contributed by atoms with Crippen molar-refractivity contribution in [1.29, 1.82) is 0 Å². The zero-order valence-electron chi connectivity index (χ0n) is 21.3. The van der Waals surface area contributed by atoms with Crippen molar-refractivity contribution in [3.63, 3.8) is 0 Å². The zero-order valence-corrected chi connectivity index (χ0v) is 21.3. The second kappa shape index (κ2) is 10.3. The van der Waals surface area contributed by atoms with Crippen LogP contribution in [-0.2, 0) is 11.3 Å². The smallest absolute Gasteiger partial charge is 0.253 e. The number of piperazine rings is 1. The van der Waals surface area contributed by atoms with E-state index < -0.39 is 6.04 Å². The number of pyridine rings is 1. The molecule has 1 unspecified atom stereocenters. The summed E-state index contributed by atoms with van der Waals surface area (Å²) in [4.78, 5) is 21.1. The normalized spacial score (nSPS) is 16.2. The molecular weight excluding hydrogens is 490 g/mol. The molecule has 4 heterocycles. The molecule has 2 aromatic heterocycles. The standard InChI is InChI=1S/C26H29N7O5/c1-35-12-11-33-25(28-29-30-33)24(32-9-7-31(8-10-32)18-3-5-19(36-2)6-4-18)20-13-17-14-22-23(38-16-37-22)15-21(17)27-26(20)34/h3-6,13-15,24H,7-12,16H2,1-2H3,(H,27,34). The molecular formula is C26H29N7O5. The van der Waals surface area contributed by atoms with Crippen LogP contribution >= 0.6 is 0 Å². The number of tetrazole rings is 1. The molecule has 6 rings (SSSR count). The number of rotatable bonds is 8. The minimum absolute atomic E-state index is 0.165. The average molecular weight is 520 g/mol. The summed E-state index contributed by atoms with van der Waals surface area (Å²) in [5, 5.41) is 13.4. The first-order valence-electron chi connectivity index (χ1n) is 12.5. The summed E-state index contributed by atoms with van der Waals surface area (Å²) in [5.41, 5.74) is 2.19. The Labute approximate surface area is 218 Å². The van der Waals surface area contributed by atoms with E-state index in [1.54, 1.807) is 25.0 Å². The van der Waals surface area contributed by atoms with Crippen molar-refractivity contribution >= 4 is 16.6 Å². The van der Waals surface area contributed by atoms with Gasteiger partial charge >= 0.3 is 0 Å². The number of benzene rings is 2. The highest BCUT2D eigenvalue weighted by molar-refractivity contribution is 5.83. The number of ether oxygens (including phenoxy) is 4. The van der Waals surface area contributed by atoms with Crippen molar-refractivity contribution in [1.82, 2.24) is 30.1 Å². The van der Waals surface area contributed by atoms with Crippen LogP contribution < -0.4 is 24.7 Å². The maximum atomic E-state index is 13.5. The van der Waals surface area contributed by atoms with Gasteiger partial charge in [-0.15, -0.1) is 5.10 Å². The van der Waals surface area contributed by atoms with Crippen molar-refractivity contribution in [3.05, 3.63) is 64.2 Å². The molecule has 1 fully saturated rings. The third kappa shape index (κ3) is 4.52. The lowest BCUT2D eigenvalue weighted by molar-refractivity contribution is 0.171. The number of aromatic amines is 1. The molecule has 38 heavy (non-hydrogen) atoms. The molecule has 12 nitrogen and oxygen atoms in total. The molecule has 198 valence electrons. The minimum atomic E-state index is -0.446. The van der Waals surface area contributed by atoms with Gasteiger partial charge in [0.2, 0.25) is 6.79 Å². The highest BCUT2D eigenvalue weighted by Gasteiger charge is 2.33. The monoisotopic (exact) mass is 519 g/mol. The molecule has 0 radical (unpaired) electrons. The van der Waals surface area contributed by atoms with Crippen LogP contribution in [0, 0.1) is 0 Å². The Hall–Kier alpha value is -4.16. The van der Waals surface area contributed by atoms with E-state index >= 15 is 0 Å². The third-order valence-corrected chi connectivity index (χ3v) is 7.09. The number of H-pyrrole nitrogens is 1. The molecule has 4 aromatic rings. The summed E-state index contributed by atoms with van der Waals surface area (Å²) in [6, 6.07) is 13.2. The summed E-state index contributed by atoms with van der Waals surface area (Å²) in [6.07, 6.45) is 0. The van der Waals surface area contributed by atoms with Gasteiger partial charge in [0.05, 0.1) is 25.8 Å². The van der Waals surface area contributed by atoms with Gasteiger partial charge in [0.1, 0.15) is 11.8 Å². The van der Waals surface area contributed by atoms with Crippen LogP contribution in [0.15, 0.2) is 47.3 Å². The first-order chi connectivity index (χ1) is 18.6. The van der Waals surface area contributed by atoms with E-state index in [0.29, 0.717) is 54.6 Å². The first kappa shape index (κ1) is 24.2. The predicted molar refractivity (Wildman–Crippen MR) is 139 cm³/mol. The van der Waals surface area contributed by atoms with Crippen molar-refractivity contribution in [3.8, 4) is 17.2 Å². The molecule has 0 bridgehead atoms. The first-order valence-corrected chi connectivity index (χ1v) is 12.5. The molecule has 2 aliphatic rings. The number of nitrogens with one attached hydrogen (secondary N) is 1. The van der Waals surface area contributed by atoms with Gasteiger partial charge < -0.3 is 28.8 Å². The van der Waals surface area contributed by atoms with E-state index in [2.05, 4.69) is 42.4 Å². The van der Waals surface area contributed by atoms with Crippen LogP contribution in [0.1, 0.15) is 17.4 Å². The highest BCUT2D eigenvalue weighted by atomic mass is 16.7. The zero-order chi connectivity index (χ0) is 26.1. The second-order valence-electron chi connectivity index (χ2n) is 9.22. The number of fused-ring (bicyclic) bond motifs is 2. The van der Waals surface area contributed by atoms with Crippen molar-refractivity contribution < 1.29 is 18.9 Å². The summed E-state index contributed by atoms with van der Waals surface area (Å²) >= 11 is 0. The Morgan fingerprint density at radius 1 is 1.03 bits per heavy atom. The van der Waals surface area contributed by atoms with Gasteiger partial charge in [-0.1, -0.05) is 0 Å². The quantitative estimate of drug-likeness (QED) is 0.369. The predicted octanol–water partition coefficient (Wildman–Crippen LogP) is 1.81. The summed E-state index contributed by atoms with van der Waals surface area (Å²) < 4.78 is 23.3. The molecule has 0 aliphatic carbocycles. The van der Waals surface area contributed by atoms with E-state index in [1.165, 1.54) is 0 Å². The van der Waals surface area contributed by atoms with Gasteiger partial charge in [-0.25, -0.2) is 4.68 Å². The Balaban J connectivity index is 1.35.